The topological polar surface area (TPSA) is 54.0 Å². The fourth-order valence-corrected chi connectivity index (χ4v) is 5.44. The Kier molecular flexibility index (Phi) is 8.62. The van der Waals surface area contributed by atoms with Crippen LogP contribution in [0.1, 0.15) is 15.9 Å². The molecule has 0 atom stereocenters. The number of methoxy groups -OCH3 is 3. The van der Waals surface area contributed by atoms with E-state index in [0.29, 0.717) is 34.7 Å². The molecule has 0 saturated carbocycles. The molecule has 0 fully saturated rings. The molecule has 0 spiro atoms. The quantitative estimate of drug-likeness (QED) is 0.382. The van der Waals surface area contributed by atoms with E-state index in [2.05, 4.69) is 31.8 Å². The van der Waals surface area contributed by atoms with Gasteiger partial charge in [0.05, 0.1) is 0 Å². The molecule has 2 aromatic carbocycles. The summed E-state index contributed by atoms with van der Waals surface area (Å²) >= 11 is 0.110. The van der Waals surface area contributed by atoms with Crippen molar-refractivity contribution in [3.8, 4) is 17.2 Å². The molecule has 7 heteroatoms. The van der Waals surface area contributed by atoms with Crippen molar-refractivity contribution in [2.75, 3.05) is 27.9 Å². The van der Waals surface area contributed by atoms with Gasteiger partial charge in [-0.3, -0.25) is 0 Å². The van der Waals surface area contributed by atoms with Crippen LogP contribution in [0.4, 0.5) is 0 Å². The van der Waals surface area contributed by atoms with Gasteiger partial charge in [-0.15, -0.1) is 0 Å². The van der Waals surface area contributed by atoms with Gasteiger partial charge in [0.1, 0.15) is 0 Å². The number of hydrogen-bond acceptors (Lipinski definition) is 5. The van der Waals surface area contributed by atoms with Crippen molar-refractivity contribution in [2.45, 2.75) is 31.0 Å². The Labute approximate surface area is 180 Å². The molecule has 0 heterocycles. The Bertz CT molecular complexity index is 818. The first-order valence-electron chi connectivity index (χ1n) is 9.47. The second kappa shape index (κ2) is 10.7. The van der Waals surface area contributed by atoms with E-state index in [-0.39, 0.29) is 20.9 Å². The maximum atomic E-state index is 13.0. The molecule has 0 unspecified atom stereocenters. The third-order valence-electron chi connectivity index (χ3n) is 4.37. The summed E-state index contributed by atoms with van der Waals surface area (Å²) < 4.78 is 23.5. The predicted octanol–water partition coefficient (Wildman–Crippen LogP) is 3.74. The summed E-state index contributed by atoms with van der Waals surface area (Å²) in [7, 11) is 3.41. The first kappa shape index (κ1) is 23.3. The Morgan fingerprint density at radius 3 is 2.17 bits per heavy atom. The first-order chi connectivity index (χ1) is 13.8. The van der Waals surface area contributed by atoms with Gasteiger partial charge in [0.2, 0.25) is 0 Å². The zero-order chi connectivity index (χ0) is 21.4. The molecule has 0 aliphatic carbocycles. The van der Waals surface area contributed by atoms with E-state index in [0.717, 1.165) is 11.6 Å². The van der Waals surface area contributed by atoms with E-state index in [9.17, 15) is 4.79 Å². The van der Waals surface area contributed by atoms with E-state index < -0.39 is 8.07 Å². The van der Waals surface area contributed by atoms with E-state index >= 15 is 0 Å². The standard InChI is InChI=1S/C22H30O5SeSi/c1-24-18-14-19(25-2)21(26-3)17(15-28-16-10-8-7-9-11-16)20(18)22(23)27-12-13-29(4,5)6/h7-11,14H,12-13,15H2,1-6H3. The van der Waals surface area contributed by atoms with E-state index in [1.165, 1.54) is 4.46 Å². The summed E-state index contributed by atoms with van der Waals surface area (Å²) in [5.41, 5.74) is 1.20. The summed E-state index contributed by atoms with van der Waals surface area (Å²) in [6.07, 6.45) is 0. The molecule has 0 aliphatic rings. The van der Waals surface area contributed by atoms with Gasteiger partial charge in [-0.25, -0.2) is 0 Å². The molecule has 2 aromatic rings. The fraction of sp³-hybridized carbons (Fsp3) is 0.409. The molecule has 0 aromatic heterocycles. The molecular weight excluding hydrogens is 451 g/mol. The zero-order valence-electron chi connectivity index (χ0n) is 18.0. The third-order valence-corrected chi connectivity index (χ3v) is 8.25. The number of rotatable bonds is 10. The van der Waals surface area contributed by atoms with Gasteiger partial charge < -0.3 is 0 Å². The van der Waals surface area contributed by atoms with Crippen LogP contribution in [0, 0.1) is 0 Å². The van der Waals surface area contributed by atoms with Crippen LogP contribution in [0.2, 0.25) is 25.7 Å². The van der Waals surface area contributed by atoms with Crippen molar-refractivity contribution in [1.82, 2.24) is 0 Å². The second-order valence-electron chi connectivity index (χ2n) is 7.72. The molecular formula is C22H30O5SeSi. The van der Waals surface area contributed by atoms with Crippen molar-refractivity contribution in [1.29, 1.82) is 0 Å². The van der Waals surface area contributed by atoms with Crippen LogP contribution in [-0.2, 0) is 10.1 Å². The van der Waals surface area contributed by atoms with Crippen molar-refractivity contribution in [2.24, 2.45) is 0 Å². The average Bonchev–Trinajstić information content (AvgIpc) is 2.70. The van der Waals surface area contributed by atoms with Crippen molar-refractivity contribution in [3.05, 3.63) is 47.5 Å². The van der Waals surface area contributed by atoms with Gasteiger partial charge in [-0.1, -0.05) is 0 Å². The van der Waals surface area contributed by atoms with Crippen LogP contribution in [0.15, 0.2) is 36.4 Å². The van der Waals surface area contributed by atoms with Crippen LogP contribution in [0.25, 0.3) is 0 Å². The number of carbonyl (C=O) groups is 1. The minimum atomic E-state index is -1.30. The molecule has 0 saturated heterocycles. The summed E-state index contributed by atoms with van der Waals surface area (Å²) in [6.45, 7) is 7.18. The van der Waals surface area contributed by atoms with Gasteiger partial charge in [0, 0.05) is 0 Å². The van der Waals surface area contributed by atoms with Gasteiger partial charge in [-0.2, -0.15) is 0 Å². The number of benzene rings is 2. The van der Waals surface area contributed by atoms with Crippen LogP contribution in [0.5, 0.6) is 17.2 Å². The molecule has 5 nitrogen and oxygen atoms in total. The monoisotopic (exact) mass is 482 g/mol. The van der Waals surface area contributed by atoms with Crippen LogP contribution in [-0.4, -0.2) is 56.9 Å². The average molecular weight is 482 g/mol. The van der Waals surface area contributed by atoms with Crippen molar-refractivity contribution < 1.29 is 23.7 Å². The van der Waals surface area contributed by atoms with Gasteiger partial charge in [-0.05, 0) is 0 Å². The first-order valence-corrected chi connectivity index (χ1v) is 15.2. The van der Waals surface area contributed by atoms with Crippen LogP contribution in [0.3, 0.4) is 0 Å². The zero-order valence-corrected chi connectivity index (χ0v) is 20.7. The number of esters is 1. The molecule has 2 rings (SSSR count). The molecule has 0 N–H and O–H groups in total. The third kappa shape index (κ3) is 6.52. The fourth-order valence-electron chi connectivity index (χ4n) is 2.76. The Morgan fingerprint density at radius 2 is 1.62 bits per heavy atom. The van der Waals surface area contributed by atoms with E-state index in [4.69, 9.17) is 18.9 Å². The maximum absolute atomic E-state index is 13.0. The molecule has 0 aliphatic heterocycles. The predicted molar refractivity (Wildman–Crippen MR) is 120 cm³/mol. The summed E-state index contributed by atoms with van der Waals surface area (Å²) in [5.74, 6) is 1.17. The summed E-state index contributed by atoms with van der Waals surface area (Å²) in [4.78, 5) is 13.0. The van der Waals surface area contributed by atoms with Crippen molar-refractivity contribution >= 4 is 33.5 Å². The Balaban J connectivity index is 2.41. The van der Waals surface area contributed by atoms with E-state index in [1.54, 1.807) is 27.4 Å². The summed E-state index contributed by atoms with van der Waals surface area (Å²) in [5, 5.41) is 0.659. The van der Waals surface area contributed by atoms with Gasteiger partial charge in [0.25, 0.3) is 0 Å². The molecule has 0 bridgehead atoms. The Hall–Kier alpha value is -1.95. The molecule has 0 amide bonds. The molecule has 0 radical (unpaired) electrons. The normalized spacial score (nSPS) is 11.1. The van der Waals surface area contributed by atoms with E-state index in [1.807, 2.05) is 18.2 Å². The SMILES string of the molecule is COc1cc(OC)c(C(=O)OCC[Si](C)(C)C)c(C[Se]c2ccccc2)c1OC. The van der Waals surface area contributed by atoms with Crippen LogP contribution >= 0.6 is 0 Å². The number of ether oxygens (including phenoxy) is 4. The number of hydrogen-bond donors (Lipinski definition) is 0. The van der Waals surface area contributed by atoms with Crippen LogP contribution < -0.4 is 18.7 Å². The molecule has 158 valence electrons. The Morgan fingerprint density at radius 1 is 0.966 bits per heavy atom. The van der Waals surface area contributed by atoms with Gasteiger partial charge in [0.15, 0.2) is 0 Å². The molecule has 29 heavy (non-hydrogen) atoms. The van der Waals surface area contributed by atoms with Crippen molar-refractivity contribution in [3.63, 3.8) is 0 Å². The number of carbonyl (C=O) groups excluding carboxylic acids is 1. The second-order valence-corrected chi connectivity index (χ2v) is 15.5. The van der Waals surface area contributed by atoms with Gasteiger partial charge >= 0.3 is 181 Å². The minimum absolute atomic E-state index is 0.110. The summed E-state index contributed by atoms with van der Waals surface area (Å²) in [6, 6.07) is 12.8.